The van der Waals surface area contributed by atoms with E-state index in [9.17, 15) is 19.5 Å². The van der Waals surface area contributed by atoms with Crippen LogP contribution >= 0.6 is 0 Å². The summed E-state index contributed by atoms with van der Waals surface area (Å²) in [4.78, 5) is 41.6. The Morgan fingerprint density at radius 3 is 2.26 bits per heavy atom. The number of carboxylic acids is 1. The highest BCUT2D eigenvalue weighted by Crippen LogP contribution is 2.53. The van der Waals surface area contributed by atoms with Gasteiger partial charge in [-0.25, -0.2) is 4.90 Å². The molecule has 2 aromatic carbocycles. The van der Waals surface area contributed by atoms with Crippen molar-refractivity contribution in [2.75, 3.05) is 26.2 Å². The number of amides is 2. The third kappa shape index (κ3) is 3.80. The van der Waals surface area contributed by atoms with E-state index in [0.717, 1.165) is 4.90 Å². The molecule has 0 aliphatic carbocycles. The molecular weight excluding hydrogens is 452 g/mol. The second kappa shape index (κ2) is 9.22. The highest BCUT2D eigenvalue weighted by atomic mass is 16.5. The van der Waals surface area contributed by atoms with Crippen LogP contribution in [0.4, 0.5) is 5.69 Å². The smallest absolute Gasteiger partial charge is 0.324 e. The molecule has 2 aliphatic rings. The molecule has 9 nitrogen and oxygen atoms in total. The molecule has 2 N–H and O–H groups in total. The number of aliphatic carboxylic acids is 1. The van der Waals surface area contributed by atoms with Gasteiger partial charge in [0.05, 0.1) is 38.9 Å². The van der Waals surface area contributed by atoms with Gasteiger partial charge in [-0.1, -0.05) is 32.0 Å². The van der Waals surface area contributed by atoms with Gasteiger partial charge in [-0.15, -0.1) is 0 Å². The molecule has 2 amide bonds. The van der Waals surface area contributed by atoms with Crippen LogP contribution in [0.25, 0.3) is 0 Å². The number of hydrogen-bond acceptors (Lipinski definition) is 7. The zero-order chi connectivity index (χ0) is 25.5. The standard InChI is InChI=1S/C26H30N2O7/c1-14(2)13-26(25(31)32)21-20(22(27-26)15-10-11-18(34-4)19(12-15)35-5)23(29)28(24(21)30)16-8-6-7-9-17(16)33-3/h6-12,14,20-22,27H,13H2,1-5H3,(H,31,32)/t20-,21+,22+,26+/m1/s1. The fourth-order valence-electron chi connectivity index (χ4n) is 5.50. The van der Waals surface area contributed by atoms with Crippen molar-refractivity contribution < 1.29 is 33.7 Å². The molecule has 2 saturated heterocycles. The lowest BCUT2D eigenvalue weighted by molar-refractivity contribution is -0.149. The van der Waals surface area contributed by atoms with Gasteiger partial charge >= 0.3 is 5.97 Å². The predicted octanol–water partition coefficient (Wildman–Crippen LogP) is 3.03. The van der Waals surface area contributed by atoms with Crippen molar-refractivity contribution in [3.05, 3.63) is 48.0 Å². The first kappa shape index (κ1) is 24.5. The molecule has 0 spiro atoms. The molecule has 0 radical (unpaired) electrons. The number of ether oxygens (including phenoxy) is 3. The van der Waals surface area contributed by atoms with Crippen LogP contribution in [0.3, 0.4) is 0 Å². The fourth-order valence-corrected chi connectivity index (χ4v) is 5.50. The lowest BCUT2D eigenvalue weighted by atomic mass is 9.75. The van der Waals surface area contributed by atoms with Crippen LogP contribution < -0.4 is 24.4 Å². The lowest BCUT2D eigenvalue weighted by Gasteiger charge is -2.32. The summed E-state index contributed by atoms with van der Waals surface area (Å²) in [5.41, 5.74) is -0.693. The average Bonchev–Trinajstić information content (AvgIpc) is 3.32. The van der Waals surface area contributed by atoms with Gasteiger partial charge in [0.15, 0.2) is 11.5 Å². The number of carbonyl (C=O) groups excluding carboxylic acids is 2. The van der Waals surface area contributed by atoms with Crippen LogP contribution in [-0.4, -0.2) is 49.8 Å². The van der Waals surface area contributed by atoms with E-state index in [1.807, 2.05) is 13.8 Å². The normalized spacial score (nSPS) is 25.7. The maximum atomic E-state index is 13.9. The summed E-state index contributed by atoms with van der Waals surface area (Å²) in [6.45, 7) is 3.79. The third-order valence-electron chi connectivity index (χ3n) is 6.86. The Balaban J connectivity index is 1.89. The topological polar surface area (TPSA) is 114 Å². The van der Waals surface area contributed by atoms with Crippen molar-refractivity contribution >= 4 is 23.5 Å². The van der Waals surface area contributed by atoms with Gasteiger partial charge in [0.1, 0.15) is 11.3 Å². The Hall–Kier alpha value is -3.59. The molecule has 4 rings (SSSR count). The van der Waals surface area contributed by atoms with Crippen molar-refractivity contribution in [1.29, 1.82) is 0 Å². The molecule has 2 fully saturated rings. The lowest BCUT2D eigenvalue weighted by Crippen LogP contribution is -2.56. The first-order valence-corrected chi connectivity index (χ1v) is 11.4. The van der Waals surface area contributed by atoms with Crippen molar-refractivity contribution in [3.63, 3.8) is 0 Å². The maximum Gasteiger partial charge on any atom is 0.324 e. The van der Waals surface area contributed by atoms with Crippen molar-refractivity contribution in [2.24, 2.45) is 17.8 Å². The van der Waals surface area contributed by atoms with E-state index < -0.39 is 41.2 Å². The number of imide groups is 1. The number of para-hydroxylation sites is 2. The second-order valence-electron chi connectivity index (χ2n) is 9.30. The average molecular weight is 483 g/mol. The van der Waals surface area contributed by atoms with Gasteiger partial charge in [0.25, 0.3) is 0 Å². The van der Waals surface area contributed by atoms with E-state index in [0.29, 0.717) is 28.5 Å². The summed E-state index contributed by atoms with van der Waals surface area (Å²) in [7, 11) is 4.48. The van der Waals surface area contributed by atoms with Crippen molar-refractivity contribution in [1.82, 2.24) is 5.32 Å². The number of nitrogens with one attached hydrogen (secondary N) is 1. The molecule has 35 heavy (non-hydrogen) atoms. The van der Waals surface area contributed by atoms with E-state index in [4.69, 9.17) is 14.2 Å². The summed E-state index contributed by atoms with van der Waals surface area (Å²) >= 11 is 0. The van der Waals surface area contributed by atoms with Crippen LogP contribution in [0.15, 0.2) is 42.5 Å². The number of rotatable bonds is 8. The Labute approximate surface area is 204 Å². The monoisotopic (exact) mass is 482 g/mol. The minimum Gasteiger partial charge on any atom is -0.495 e. The third-order valence-corrected chi connectivity index (χ3v) is 6.86. The molecule has 2 aromatic rings. The van der Waals surface area contributed by atoms with Crippen LogP contribution in [-0.2, 0) is 14.4 Å². The van der Waals surface area contributed by atoms with Gasteiger partial charge in [-0.05, 0) is 42.2 Å². The van der Waals surface area contributed by atoms with Crippen LogP contribution in [0.5, 0.6) is 17.2 Å². The number of hydrogen-bond donors (Lipinski definition) is 2. The molecule has 2 aliphatic heterocycles. The number of benzene rings is 2. The van der Waals surface area contributed by atoms with Crippen LogP contribution in [0.1, 0.15) is 31.9 Å². The van der Waals surface area contributed by atoms with Crippen LogP contribution in [0, 0.1) is 17.8 Å². The van der Waals surface area contributed by atoms with Gasteiger partial charge in [0.2, 0.25) is 11.8 Å². The Kier molecular flexibility index (Phi) is 6.46. The number of carboxylic acid groups (broad SMARTS) is 1. The summed E-state index contributed by atoms with van der Waals surface area (Å²) in [5.74, 6) is -2.96. The zero-order valence-electron chi connectivity index (χ0n) is 20.4. The van der Waals surface area contributed by atoms with Gasteiger partial charge < -0.3 is 19.3 Å². The molecular formula is C26H30N2O7. The van der Waals surface area contributed by atoms with E-state index in [1.54, 1.807) is 42.5 Å². The highest BCUT2D eigenvalue weighted by molar-refractivity contribution is 6.24. The van der Waals surface area contributed by atoms with E-state index in [1.165, 1.54) is 21.3 Å². The Morgan fingerprint density at radius 1 is 1.00 bits per heavy atom. The number of anilines is 1. The predicted molar refractivity (Wildman–Crippen MR) is 128 cm³/mol. The number of fused-ring (bicyclic) bond motifs is 1. The van der Waals surface area contributed by atoms with E-state index in [-0.39, 0.29) is 12.3 Å². The van der Waals surface area contributed by atoms with E-state index >= 15 is 0 Å². The maximum absolute atomic E-state index is 13.9. The minimum absolute atomic E-state index is 0.0494. The molecule has 0 saturated carbocycles. The highest BCUT2D eigenvalue weighted by Gasteiger charge is 2.68. The Bertz CT molecular complexity index is 1160. The van der Waals surface area contributed by atoms with Crippen LogP contribution in [0.2, 0.25) is 0 Å². The van der Waals surface area contributed by atoms with Gasteiger partial charge in [0, 0.05) is 6.04 Å². The van der Waals surface area contributed by atoms with Gasteiger partial charge in [-0.2, -0.15) is 0 Å². The molecule has 186 valence electrons. The number of nitrogens with zero attached hydrogens (tertiary/aromatic N) is 1. The number of methoxy groups -OCH3 is 3. The summed E-state index contributed by atoms with van der Waals surface area (Å²) in [6.07, 6.45) is 0.173. The second-order valence-corrected chi connectivity index (χ2v) is 9.30. The Morgan fingerprint density at radius 2 is 1.66 bits per heavy atom. The molecule has 0 aromatic heterocycles. The molecule has 0 bridgehead atoms. The van der Waals surface area contributed by atoms with E-state index in [2.05, 4.69) is 5.32 Å². The largest absolute Gasteiger partial charge is 0.495 e. The zero-order valence-corrected chi connectivity index (χ0v) is 20.4. The first-order valence-electron chi connectivity index (χ1n) is 11.4. The minimum atomic E-state index is -1.62. The van der Waals surface area contributed by atoms with Crippen molar-refractivity contribution in [2.45, 2.75) is 31.8 Å². The summed E-state index contributed by atoms with van der Waals surface area (Å²) in [6, 6.07) is 11.2. The SMILES string of the molecule is COc1ccc([C@@H]2N[C@](CC(C)C)(C(=O)O)[C@@H]3C(=O)N(c4ccccc4OC)C(=O)[C@H]32)cc1OC. The molecule has 0 unspecified atom stereocenters. The first-order chi connectivity index (χ1) is 16.7. The van der Waals surface area contributed by atoms with Gasteiger partial charge in [-0.3, -0.25) is 19.7 Å². The summed E-state index contributed by atoms with van der Waals surface area (Å²) < 4.78 is 16.2. The molecule has 4 atom stereocenters. The quantitative estimate of drug-likeness (QED) is 0.552. The summed E-state index contributed by atoms with van der Waals surface area (Å²) in [5, 5.41) is 13.7. The molecule has 9 heteroatoms. The van der Waals surface area contributed by atoms with Crippen molar-refractivity contribution in [3.8, 4) is 17.2 Å². The molecule has 2 heterocycles. The number of carbonyl (C=O) groups is 3. The fraction of sp³-hybridized carbons (Fsp3) is 0.423.